The first kappa shape index (κ1) is 23.2. The summed E-state index contributed by atoms with van der Waals surface area (Å²) in [6.45, 7) is 5.25. The molecule has 2 aromatic carbocycles. The number of benzene rings is 2. The molecule has 0 radical (unpaired) electrons. The van der Waals surface area contributed by atoms with Crippen LogP contribution in [0.25, 0.3) is 0 Å². The van der Waals surface area contributed by atoms with E-state index in [1.54, 1.807) is 16.8 Å². The van der Waals surface area contributed by atoms with Crippen LogP contribution in [0.1, 0.15) is 29.7 Å². The van der Waals surface area contributed by atoms with Gasteiger partial charge in [0.1, 0.15) is 0 Å². The van der Waals surface area contributed by atoms with Gasteiger partial charge in [-0.3, -0.25) is 0 Å². The van der Waals surface area contributed by atoms with E-state index in [1.807, 2.05) is 65.6 Å². The van der Waals surface area contributed by atoms with E-state index in [0.29, 0.717) is 30.8 Å². The van der Waals surface area contributed by atoms with Crippen LogP contribution < -0.4 is 5.32 Å². The summed E-state index contributed by atoms with van der Waals surface area (Å²) >= 11 is 5.62. The second-order valence-corrected chi connectivity index (χ2v) is 10.5. The van der Waals surface area contributed by atoms with Crippen LogP contribution in [0.4, 0.5) is 0 Å². The van der Waals surface area contributed by atoms with Crippen LogP contribution >= 0.6 is 12.2 Å². The zero-order valence-corrected chi connectivity index (χ0v) is 20.1. The minimum atomic E-state index is -3.66. The minimum Gasteiger partial charge on any atom is -0.360 e. The zero-order chi connectivity index (χ0) is 23.3. The molecule has 33 heavy (non-hydrogen) atoms. The maximum absolute atomic E-state index is 13.4. The molecule has 1 aliphatic rings. The van der Waals surface area contributed by atoms with Gasteiger partial charge in [0.15, 0.2) is 5.11 Å². The normalized spacial score (nSPS) is 13.5. The highest BCUT2D eigenvalue weighted by atomic mass is 32.2. The number of nitrogens with zero attached hydrogens (tertiary/aromatic N) is 3. The molecular weight excluding hydrogens is 452 g/mol. The minimum absolute atomic E-state index is 0.0739. The summed E-state index contributed by atoms with van der Waals surface area (Å²) in [6, 6.07) is 19.4. The van der Waals surface area contributed by atoms with Crippen LogP contribution in [0, 0.1) is 0 Å². The van der Waals surface area contributed by atoms with Crippen molar-refractivity contribution in [2.45, 2.75) is 42.9 Å². The molecule has 3 aromatic rings. The van der Waals surface area contributed by atoms with Gasteiger partial charge in [0, 0.05) is 12.6 Å². The number of nitrogens with one attached hydrogen (secondary N) is 1. The van der Waals surface area contributed by atoms with Crippen LogP contribution in [-0.4, -0.2) is 40.6 Å². The summed E-state index contributed by atoms with van der Waals surface area (Å²) < 4.78 is 28.5. The van der Waals surface area contributed by atoms with Gasteiger partial charge in [-0.1, -0.05) is 66.7 Å². The van der Waals surface area contributed by atoms with Crippen LogP contribution in [0.5, 0.6) is 0 Å². The smallest absolute Gasteiger partial charge is 0.228 e. The van der Waals surface area contributed by atoms with Crippen molar-refractivity contribution < 1.29 is 8.42 Å². The first-order chi connectivity index (χ1) is 16.0. The molecule has 6 nitrogen and oxygen atoms in total. The lowest BCUT2D eigenvalue weighted by Crippen LogP contribution is -2.40. The van der Waals surface area contributed by atoms with Crippen LogP contribution in [0.2, 0.25) is 0 Å². The molecule has 172 valence electrons. The van der Waals surface area contributed by atoms with Gasteiger partial charge in [0.05, 0.1) is 30.7 Å². The molecule has 0 aliphatic heterocycles. The number of hydrogen-bond donors (Lipinski definition) is 1. The molecule has 1 fully saturated rings. The Morgan fingerprint density at radius 3 is 2.36 bits per heavy atom. The molecule has 1 N–H and O–H groups in total. The molecule has 1 aromatic heterocycles. The number of sulfone groups is 1. The third-order valence-electron chi connectivity index (χ3n) is 5.46. The van der Waals surface area contributed by atoms with Gasteiger partial charge in [-0.2, -0.15) is 0 Å². The molecule has 0 spiro atoms. The number of thiocarbonyl (C=S) groups is 1. The van der Waals surface area contributed by atoms with Crippen molar-refractivity contribution in [3.05, 3.63) is 96.3 Å². The molecule has 4 rings (SSSR count). The SMILES string of the molecule is C=CCN(Cc1cnc(S(=O)(=O)Cc2ccccc2)n1Cc1ccccc1)C(=S)NC1CC1. The fraction of sp³-hybridized carbons (Fsp3) is 0.280. The fourth-order valence-electron chi connectivity index (χ4n) is 3.62. The van der Waals surface area contributed by atoms with Gasteiger partial charge in [-0.25, -0.2) is 13.4 Å². The van der Waals surface area contributed by atoms with Crippen molar-refractivity contribution in [1.29, 1.82) is 0 Å². The summed E-state index contributed by atoms with van der Waals surface area (Å²) in [5.74, 6) is -0.100. The van der Waals surface area contributed by atoms with Gasteiger partial charge in [-0.15, -0.1) is 6.58 Å². The molecule has 1 heterocycles. The van der Waals surface area contributed by atoms with E-state index in [-0.39, 0.29) is 10.9 Å². The van der Waals surface area contributed by atoms with Gasteiger partial charge in [0.25, 0.3) is 0 Å². The Morgan fingerprint density at radius 1 is 1.12 bits per heavy atom. The molecule has 0 unspecified atom stereocenters. The maximum Gasteiger partial charge on any atom is 0.228 e. The Balaban J connectivity index is 1.66. The monoisotopic (exact) mass is 480 g/mol. The van der Waals surface area contributed by atoms with E-state index >= 15 is 0 Å². The zero-order valence-electron chi connectivity index (χ0n) is 18.4. The summed E-state index contributed by atoms with van der Waals surface area (Å²) in [7, 11) is -3.66. The third-order valence-corrected chi connectivity index (χ3v) is 7.43. The van der Waals surface area contributed by atoms with Crippen molar-refractivity contribution in [3.63, 3.8) is 0 Å². The Hall–Kier alpha value is -2.97. The third kappa shape index (κ3) is 6.09. The van der Waals surface area contributed by atoms with Crippen molar-refractivity contribution in [2.75, 3.05) is 6.54 Å². The van der Waals surface area contributed by atoms with Crippen LogP contribution in [0.3, 0.4) is 0 Å². The van der Waals surface area contributed by atoms with Gasteiger partial charge >= 0.3 is 0 Å². The highest BCUT2D eigenvalue weighted by molar-refractivity contribution is 7.90. The Kier molecular flexibility index (Phi) is 7.25. The molecule has 0 amide bonds. The summed E-state index contributed by atoms with van der Waals surface area (Å²) in [5.41, 5.74) is 2.52. The Bertz CT molecular complexity index is 1200. The molecular formula is C25H28N4O2S2. The molecule has 0 atom stereocenters. The van der Waals surface area contributed by atoms with E-state index < -0.39 is 9.84 Å². The largest absolute Gasteiger partial charge is 0.360 e. The maximum atomic E-state index is 13.4. The summed E-state index contributed by atoms with van der Waals surface area (Å²) in [6.07, 6.45) is 5.69. The summed E-state index contributed by atoms with van der Waals surface area (Å²) in [5, 5.41) is 4.08. The fourth-order valence-corrected chi connectivity index (χ4v) is 5.42. The standard InChI is InChI=1S/C25H28N4O2S2/c1-2-15-28(24(32)27-22-13-14-22)18-23-16-26-25(29(23)17-20-9-5-3-6-10-20)33(30,31)19-21-11-7-4-8-12-21/h2-12,16,22H,1,13-15,17-19H2,(H,27,32). The van der Waals surface area contributed by atoms with Gasteiger partial charge < -0.3 is 14.8 Å². The lowest BCUT2D eigenvalue weighted by Gasteiger charge is -2.25. The quantitative estimate of drug-likeness (QED) is 0.350. The topological polar surface area (TPSA) is 67.2 Å². The number of aromatic nitrogens is 2. The Labute approximate surface area is 200 Å². The first-order valence-electron chi connectivity index (χ1n) is 11.0. The number of imidazole rings is 1. The highest BCUT2D eigenvalue weighted by Crippen LogP contribution is 2.22. The van der Waals surface area contributed by atoms with E-state index in [1.165, 1.54) is 0 Å². The van der Waals surface area contributed by atoms with Crippen molar-refractivity contribution >= 4 is 27.2 Å². The van der Waals surface area contributed by atoms with Crippen molar-refractivity contribution in [2.24, 2.45) is 0 Å². The first-order valence-corrected chi connectivity index (χ1v) is 13.0. The molecule has 0 bridgehead atoms. The Morgan fingerprint density at radius 2 is 1.76 bits per heavy atom. The molecule has 8 heteroatoms. The second kappa shape index (κ2) is 10.3. The number of hydrogen-bond acceptors (Lipinski definition) is 4. The lowest BCUT2D eigenvalue weighted by atomic mass is 10.2. The molecule has 0 saturated heterocycles. The average Bonchev–Trinajstić information content (AvgIpc) is 3.53. The highest BCUT2D eigenvalue weighted by Gasteiger charge is 2.27. The van der Waals surface area contributed by atoms with Crippen molar-refractivity contribution in [1.82, 2.24) is 19.8 Å². The van der Waals surface area contributed by atoms with Crippen LogP contribution in [-0.2, 0) is 28.7 Å². The predicted octanol–water partition coefficient (Wildman–Crippen LogP) is 3.93. The average molecular weight is 481 g/mol. The summed E-state index contributed by atoms with van der Waals surface area (Å²) in [4.78, 5) is 6.38. The van der Waals surface area contributed by atoms with E-state index in [2.05, 4.69) is 16.9 Å². The number of rotatable bonds is 10. The van der Waals surface area contributed by atoms with E-state index in [9.17, 15) is 8.42 Å². The molecule has 1 saturated carbocycles. The van der Waals surface area contributed by atoms with Crippen LogP contribution in [0.15, 0.2) is 84.7 Å². The predicted molar refractivity (Wildman–Crippen MR) is 134 cm³/mol. The van der Waals surface area contributed by atoms with E-state index in [4.69, 9.17) is 12.2 Å². The van der Waals surface area contributed by atoms with E-state index in [0.717, 1.165) is 29.7 Å². The lowest BCUT2D eigenvalue weighted by molar-refractivity contribution is 0.427. The van der Waals surface area contributed by atoms with Gasteiger partial charge in [0.2, 0.25) is 15.0 Å². The molecule has 1 aliphatic carbocycles. The van der Waals surface area contributed by atoms with Gasteiger partial charge in [-0.05, 0) is 36.2 Å². The second-order valence-electron chi connectivity index (χ2n) is 8.24. The van der Waals surface area contributed by atoms with Crippen molar-refractivity contribution in [3.8, 4) is 0 Å².